The second-order valence-electron chi connectivity index (χ2n) is 7.71. The fraction of sp³-hybridized carbons (Fsp3) is 0.714. The molecular formula is C21H33Cl2NO. The molecule has 0 aromatic heterocycles. The SMILES string of the molecule is Cl.OC(CCNC1CCCCC1)c1ccc(C2CCCCC2)c(Cl)c1. The van der Waals surface area contributed by atoms with E-state index in [1.165, 1.54) is 69.8 Å². The molecule has 0 saturated heterocycles. The van der Waals surface area contributed by atoms with Gasteiger partial charge >= 0.3 is 0 Å². The predicted molar refractivity (Wildman–Crippen MR) is 109 cm³/mol. The molecular weight excluding hydrogens is 353 g/mol. The number of aliphatic hydroxyl groups is 1. The number of rotatable bonds is 6. The fourth-order valence-corrected chi connectivity index (χ4v) is 4.74. The van der Waals surface area contributed by atoms with E-state index in [1.54, 1.807) is 0 Å². The van der Waals surface area contributed by atoms with Crippen molar-refractivity contribution in [3.05, 3.63) is 34.3 Å². The molecule has 1 atom stereocenters. The highest BCUT2D eigenvalue weighted by Crippen LogP contribution is 2.37. The van der Waals surface area contributed by atoms with Crippen LogP contribution >= 0.6 is 24.0 Å². The van der Waals surface area contributed by atoms with Crippen molar-refractivity contribution in [2.24, 2.45) is 0 Å². The van der Waals surface area contributed by atoms with Crippen molar-refractivity contribution in [2.75, 3.05) is 6.54 Å². The lowest BCUT2D eigenvalue weighted by Gasteiger charge is -2.24. The highest BCUT2D eigenvalue weighted by molar-refractivity contribution is 6.31. The molecule has 0 radical (unpaired) electrons. The smallest absolute Gasteiger partial charge is 0.0802 e. The van der Waals surface area contributed by atoms with E-state index in [4.69, 9.17) is 11.6 Å². The quantitative estimate of drug-likeness (QED) is 0.614. The molecule has 1 unspecified atom stereocenters. The molecule has 0 heterocycles. The first-order chi connectivity index (χ1) is 11.7. The van der Waals surface area contributed by atoms with Crippen LogP contribution in [0.3, 0.4) is 0 Å². The Morgan fingerprint density at radius 3 is 2.28 bits per heavy atom. The molecule has 2 aliphatic carbocycles. The zero-order valence-corrected chi connectivity index (χ0v) is 16.8. The maximum Gasteiger partial charge on any atom is 0.0802 e. The van der Waals surface area contributed by atoms with Crippen LogP contribution in [0.1, 0.15) is 93.8 Å². The third kappa shape index (κ3) is 6.13. The molecule has 3 rings (SSSR count). The second kappa shape index (κ2) is 10.8. The van der Waals surface area contributed by atoms with Crippen molar-refractivity contribution < 1.29 is 5.11 Å². The number of nitrogens with one attached hydrogen (secondary N) is 1. The Balaban J connectivity index is 0.00000225. The van der Waals surface area contributed by atoms with Crippen molar-refractivity contribution >= 4 is 24.0 Å². The summed E-state index contributed by atoms with van der Waals surface area (Å²) in [6, 6.07) is 6.90. The van der Waals surface area contributed by atoms with Crippen LogP contribution in [0.2, 0.25) is 5.02 Å². The third-order valence-electron chi connectivity index (χ3n) is 5.91. The van der Waals surface area contributed by atoms with Crippen molar-refractivity contribution in [2.45, 2.75) is 88.7 Å². The number of hydrogen-bond donors (Lipinski definition) is 2. The molecule has 2 N–H and O–H groups in total. The van der Waals surface area contributed by atoms with Crippen LogP contribution in [0.4, 0.5) is 0 Å². The van der Waals surface area contributed by atoms with Crippen molar-refractivity contribution in [3.63, 3.8) is 0 Å². The first-order valence-corrected chi connectivity index (χ1v) is 10.3. The minimum absolute atomic E-state index is 0. The molecule has 2 nitrogen and oxygen atoms in total. The van der Waals surface area contributed by atoms with E-state index in [-0.39, 0.29) is 12.4 Å². The Kier molecular flexibility index (Phi) is 9.06. The van der Waals surface area contributed by atoms with Gasteiger partial charge in [-0.3, -0.25) is 0 Å². The molecule has 4 heteroatoms. The van der Waals surface area contributed by atoms with Gasteiger partial charge in [-0.15, -0.1) is 12.4 Å². The van der Waals surface area contributed by atoms with Gasteiger partial charge in [-0.1, -0.05) is 62.3 Å². The van der Waals surface area contributed by atoms with Gasteiger partial charge in [0, 0.05) is 11.1 Å². The maximum atomic E-state index is 10.5. The minimum atomic E-state index is -0.418. The molecule has 25 heavy (non-hydrogen) atoms. The number of aliphatic hydroxyl groups excluding tert-OH is 1. The van der Waals surface area contributed by atoms with Gasteiger partial charge in [-0.2, -0.15) is 0 Å². The van der Waals surface area contributed by atoms with Crippen LogP contribution in [-0.4, -0.2) is 17.7 Å². The summed E-state index contributed by atoms with van der Waals surface area (Å²) in [5.41, 5.74) is 2.25. The number of benzene rings is 1. The summed E-state index contributed by atoms with van der Waals surface area (Å²) in [6.45, 7) is 0.883. The number of halogens is 2. The van der Waals surface area contributed by atoms with Gasteiger partial charge in [-0.05, 0) is 61.8 Å². The van der Waals surface area contributed by atoms with E-state index in [9.17, 15) is 5.11 Å². The van der Waals surface area contributed by atoms with E-state index < -0.39 is 6.10 Å². The Bertz CT molecular complexity index is 511. The van der Waals surface area contributed by atoms with Crippen molar-refractivity contribution in [3.8, 4) is 0 Å². The lowest BCUT2D eigenvalue weighted by atomic mass is 9.83. The second-order valence-corrected chi connectivity index (χ2v) is 8.12. The number of hydrogen-bond acceptors (Lipinski definition) is 2. The monoisotopic (exact) mass is 385 g/mol. The van der Waals surface area contributed by atoms with E-state index in [1.807, 2.05) is 6.07 Å². The van der Waals surface area contributed by atoms with Gasteiger partial charge in [0.15, 0.2) is 0 Å². The van der Waals surface area contributed by atoms with E-state index in [2.05, 4.69) is 17.4 Å². The molecule has 2 saturated carbocycles. The van der Waals surface area contributed by atoms with E-state index in [0.29, 0.717) is 12.0 Å². The third-order valence-corrected chi connectivity index (χ3v) is 6.24. The van der Waals surface area contributed by atoms with Gasteiger partial charge in [0.25, 0.3) is 0 Å². The van der Waals surface area contributed by atoms with Gasteiger partial charge in [0.2, 0.25) is 0 Å². The summed E-state index contributed by atoms with van der Waals surface area (Å²) in [6.07, 6.45) is 13.5. The van der Waals surface area contributed by atoms with Gasteiger partial charge in [0.1, 0.15) is 0 Å². The first-order valence-electron chi connectivity index (χ1n) is 9.95. The Morgan fingerprint density at radius 1 is 1.00 bits per heavy atom. The molecule has 0 spiro atoms. The minimum Gasteiger partial charge on any atom is -0.388 e. The lowest BCUT2D eigenvalue weighted by Crippen LogP contribution is -2.32. The van der Waals surface area contributed by atoms with Crippen LogP contribution in [0.15, 0.2) is 18.2 Å². The summed E-state index contributed by atoms with van der Waals surface area (Å²) in [5.74, 6) is 0.616. The molecule has 1 aromatic rings. The van der Waals surface area contributed by atoms with Crippen molar-refractivity contribution in [1.82, 2.24) is 5.32 Å². The lowest BCUT2D eigenvalue weighted by molar-refractivity contribution is 0.164. The molecule has 0 aliphatic heterocycles. The van der Waals surface area contributed by atoms with Crippen LogP contribution in [0.5, 0.6) is 0 Å². The predicted octanol–water partition coefficient (Wildman–Crippen LogP) is 6.16. The zero-order valence-electron chi connectivity index (χ0n) is 15.2. The summed E-state index contributed by atoms with van der Waals surface area (Å²) in [7, 11) is 0. The van der Waals surface area contributed by atoms with Crippen LogP contribution in [-0.2, 0) is 0 Å². The fourth-order valence-electron chi connectivity index (χ4n) is 4.39. The molecule has 2 aliphatic rings. The summed E-state index contributed by atoms with van der Waals surface area (Å²) >= 11 is 6.54. The Labute approximate surface area is 164 Å². The molecule has 1 aromatic carbocycles. The maximum absolute atomic E-state index is 10.5. The Hall–Kier alpha value is -0.280. The van der Waals surface area contributed by atoms with Crippen LogP contribution in [0.25, 0.3) is 0 Å². The summed E-state index contributed by atoms with van der Waals surface area (Å²) < 4.78 is 0. The van der Waals surface area contributed by atoms with Gasteiger partial charge in [-0.25, -0.2) is 0 Å². The molecule has 0 bridgehead atoms. The van der Waals surface area contributed by atoms with Crippen LogP contribution in [0, 0.1) is 0 Å². The van der Waals surface area contributed by atoms with Crippen molar-refractivity contribution in [1.29, 1.82) is 0 Å². The van der Waals surface area contributed by atoms with Gasteiger partial charge < -0.3 is 10.4 Å². The van der Waals surface area contributed by atoms with Crippen LogP contribution < -0.4 is 5.32 Å². The summed E-state index contributed by atoms with van der Waals surface area (Å²) in [4.78, 5) is 0. The topological polar surface area (TPSA) is 32.3 Å². The first kappa shape index (κ1) is 21.0. The largest absolute Gasteiger partial charge is 0.388 e. The molecule has 0 amide bonds. The van der Waals surface area contributed by atoms with Gasteiger partial charge in [0.05, 0.1) is 6.10 Å². The van der Waals surface area contributed by atoms with E-state index >= 15 is 0 Å². The standard InChI is InChI=1S/C21H32ClNO.ClH/c22-20-15-17(11-12-19(20)16-7-3-1-4-8-16)21(24)13-14-23-18-9-5-2-6-10-18;/h11-12,15-16,18,21,23-24H,1-10,13-14H2;1H. The average molecular weight is 386 g/mol. The molecule has 142 valence electrons. The Morgan fingerprint density at radius 2 is 1.64 bits per heavy atom. The highest BCUT2D eigenvalue weighted by atomic mass is 35.5. The van der Waals surface area contributed by atoms with E-state index in [0.717, 1.165) is 23.6 Å². The summed E-state index contributed by atoms with van der Waals surface area (Å²) in [5, 5.41) is 14.9. The normalized spacial score (nSPS) is 20.9. The average Bonchev–Trinajstić information content (AvgIpc) is 2.63. The molecule has 2 fully saturated rings. The highest BCUT2D eigenvalue weighted by Gasteiger charge is 2.19. The zero-order chi connectivity index (χ0) is 16.8.